The molecule has 2 unspecified atom stereocenters. The van der Waals surface area contributed by atoms with Gasteiger partial charge in [-0.15, -0.1) is 0 Å². The molecule has 2 aliphatic rings. The second-order valence-corrected chi connectivity index (χ2v) is 7.43. The van der Waals surface area contributed by atoms with Gasteiger partial charge in [-0.2, -0.15) is 0 Å². The van der Waals surface area contributed by atoms with Gasteiger partial charge in [0.05, 0.1) is 0 Å². The van der Waals surface area contributed by atoms with Gasteiger partial charge in [0.1, 0.15) is 0 Å². The van der Waals surface area contributed by atoms with Crippen molar-refractivity contribution in [2.45, 2.75) is 52.9 Å². The highest BCUT2D eigenvalue weighted by Gasteiger charge is 2.30. The fourth-order valence-corrected chi connectivity index (χ4v) is 3.89. The van der Waals surface area contributed by atoms with Crippen molar-refractivity contribution in [3.05, 3.63) is 0 Å². The summed E-state index contributed by atoms with van der Waals surface area (Å²) in [5.41, 5.74) is 0.602. The molecule has 2 rings (SSSR count). The van der Waals surface area contributed by atoms with Crippen LogP contribution in [0.1, 0.15) is 52.9 Å². The highest BCUT2D eigenvalue weighted by molar-refractivity contribution is 4.84. The molecule has 0 radical (unpaired) electrons. The van der Waals surface area contributed by atoms with E-state index in [1.165, 1.54) is 64.8 Å². The summed E-state index contributed by atoms with van der Waals surface area (Å²) >= 11 is 0. The first kappa shape index (κ1) is 14.3. The van der Waals surface area contributed by atoms with E-state index in [1.807, 2.05) is 0 Å². The Hall–Kier alpha value is -0.0800. The lowest BCUT2D eigenvalue weighted by Gasteiger charge is -2.41. The Kier molecular flexibility index (Phi) is 5.08. The molecule has 1 N–H and O–H groups in total. The quantitative estimate of drug-likeness (QED) is 0.812. The van der Waals surface area contributed by atoms with Crippen LogP contribution in [0.5, 0.6) is 0 Å². The molecule has 1 aliphatic carbocycles. The number of hydrogen-bond donors (Lipinski definition) is 1. The van der Waals surface area contributed by atoms with Crippen LogP contribution in [-0.2, 0) is 0 Å². The third-order valence-corrected chi connectivity index (χ3v) is 4.79. The zero-order valence-electron chi connectivity index (χ0n) is 12.7. The number of hydrogen-bond acceptors (Lipinski definition) is 2. The van der Waals surface area contributed by atoms with Crippen LogP contribution in [0.15, 0.2) is 0 Å². The molecule has 2 fully saturated rings. The molecule has 0 amide bonds. The first-order valence-corrected chi connectivity index (χ1v) is 8.00. The van der Waals surface area contributed by atoms with Crippen molar-refractivity contribution in [2.24, 2.45) is 17.3 Å². The van der Waals surface area contributed by atoms with Crippen molar-refractivity contribution < 1.29 is 0 Å². The molecule has 1 saturated carbocycles. The average Bonchev–Trinajstić information content (AvgIpc) is 2.27. The van der Waals surface area contributed by atoms with Gasteiger partial charge in [-0.1, -0.05) is 40.0 Å². The summed E-state index contributed by atoms with van der Waals surface area (Å²) in [6.45, 7) is 13.6. The van der Waals surface area contributed by atoms with E-state index in [2.05, 4.69) is 31.0 Å². The van der Waals surface area contributed by atoms with E-state index in [0.717, 1.165) is 11.8 Å². The Balaban J connectivity index is 1.91. The van der Waals surface area contributed by atoms with E-state index < -0.39 is 0 Å². The van der Waals surface area contributed by atoms with Gasteiger partial charge in [-0.05, 0) is 43.2 Å². The molecule has 2 nitrogen and oxygen atoms in total. The largest absolute Gasteiger partial charge is 0.316 e. The molecule has 106 valence electrons. The van der Waals surface area contributed by atoms with E-state index in [0.29, 0.717) is 5.41 Å². The second kappa shape index (κ2) is 6.38. The van der Waals surface area contributed by atoms with Crippen molar-refractivity contribution in [1.82, 2.24) is 10.2 Å². The van der Waals surface area contributed by atoms with Crippen LogP contribution in [0.4, 0.5) is 0 Å². The summed E-state index contributed by atoms with van der Waals surface area (Å²) < 4.78 is 0. The van der Waals surface area contributed by atoms with Crippen molar-refractivity contribution in [1.29, 1.82) is 0 Å². The summed E-state index contributed by atoms with van der Waals surface area (Å²) in [7, 11) is 0. The lowest BCUT2D eigenvalue weighted by Crippen LogP contribution is -2.46. The lowest BCUT2D eigenvalue weighted by atomic mass is 9.75. The molecule has 0 aromatic rings. The van der Waals surface area contributed by atoms with E-state index in [-0.39, 0.29) is 0 Å². The van der Waals surface area contributed by atoms with Gasteiger partial charge in [0.15, 0.2) is 0 Å². The predicted molar refractivity (Wildman–Crippen MR) is 78.8 cm³/mol. The molecular weight excluding hydrogens is 220 g/mol. The van der Waals surface area contributed by atoms with Crippen LogP contribution in [-0.4, -0.2) is 37.6 Å². The highest BCUT2D eigenvalue weighted by atomic mass is 15.1. The van der Waals surface area contributed by atoms with Gasteiger partial charge in [-0.25, -0.2) is 0 Å². The number of nitrogens with one attached hydrogen (secondary N) is 1. The molecular formula is C16H32N2. The highest BCUT2D eigenvalue weighted by Crippen LogP contribution is 2.36. The monoisotopic (exact) mass is 252 g/mol. The Labute approximate surface area is 114 Å². The first-order chi connectivity index (χ1) is 8.57. The fraction of sp³-hybridized carbons (Fsp3) is 1.00. The Morgan fingerprint density at radius 2 is 1.56 bits per heavy atom. The Morgan fingerprint density at radius 1 is 1.00 bits per heavy atom. The minimum absolute atomic E-state index is 0.602. The van der Waals surface area contributed by atoms with Crippen molar-refractivity contribution in [3.63, 3.8) is 0 Å². The smallest absolute Gasteiger partial charge is 0.00356 e. The SMILES string of the molecule is CC1CNCC(C)CN(CC2(C)CCCCC2)C1. The first-order valence-electron chi connectivity index (χ1n) is 8.00. The van der Waals surface area contributed by atoms with Crippen molar-refractivity contribution >= 4 is 0 Å². The summed E-state index contributed by atoms with van der Waals surface area (Å²) in [6.07, 6.45) is 7.27. The second-order valence-electron chi connectivity index (χ2n) is 7.43. The maximum atomic E-state index is 3.59. The zero-order chi connectivity index (χ0) is 13.0. The summed E-state index contributed by atoms with van der Waals surface area (Å²) in [4.78, 5) is 2.77. The standard InChI is InChI=1S/C16H32N2/c1-14-9-17-10-15(2)12-18(11-14)13-16(3)7-5-4-6-8-16/h14-15,17H,4-13H2,1-3H3. The van der Waals surface area contributed by atoms with Crippen molar-refractivity contribution in [3.8, 4) is 0 Å². The molecule has 1 aliphatic heterocycles. The molecule has 0 bridgehead atoms. The molecule has 0 spiro atoms. The lowest BCUT2D eigenvalue weighted by molar-refractivity contribution is 0.0921. The summed E-state index contributed by atoms with van der Waals surface area (Å²) in [5.74, 6) is 1.59. The molecule has 1 saturated heterocycles. The predicted octanol–water partition coefficient (Wildman–Crippen LogP) is 3.13. The van der Waals surface area contributed by atoms with E-state index in [4.69, 9.17) is 0 Å². The number of nitrogens with zero attached hydrogens (tertiary/aromatic N) is 1. The van der Waals surface area contributed by atoms with Gasteiger partial charge in [0.2, 0.25) is 0 Å². The van der Waals surface area contributed by atoms with Gasteiger partial charge < -0.3 is 10.2 Å². The third-order valence-electron chi connectivity index (χ3n) is 4.79. The third kappa shape index (κ3) is 4.24. The van der Waals surface area contributed by atoms with Crippen LogP contribution in [0, 0.1) is 17.3 Å². The molecule has 2 atom stereocenters. The van der Waals surface area contributed by atoms with Crippen LogP contribution in [0.2, 0.25) is 0 Å². The van der Waals surface area contributed by atoms with Crippen molar-refractivity contribution in [2.75, 3.05) is 32.7 Å². The van der Waals surface area contributed by atoms with Gasteiger partial charge in [-0.3, -0.25) is 0 Å². The Bertz CT molecular complexity index is 233. The van der Waals surface area contributed by atoms with Crippen LogP contribution in [0.3, 0.4) is 0 Å². The molecule has 0 aromatic heterocycles. The van der Waals surface area contributed by atoms with Gasteiger partial charge in [0, 0.05) is 19.6 Å². The molecule has 18 heavy (non-hydrogen) atoms. The van der Waals surface area contributed by atoms with Gasteiger partial charge >= 0.3 is 0 Å². The van der Waals surface area contributed by atoms with Gasteiger partial charge in [0.25, 0.3) is 0 Å². The number of rotatable bonds is 2. The topological polar surface area (TPSA) is 15.3 Å². The molecule has 0 aromatic carbocycles. The minimum atomic E-state index is 0.602. The van der Waals surface area contributed by atoms with Crippen LogP contribution in [0.25, 0.3) is 0 Å². The zero-order valence-corrected chi connectivity index (χ0v) is 12.7. The maximum absolute atomic E-state index is 3.59. The fourth-order valence-electron chi connectivity index (χ4n) is 3.89. The average molecular weight is 252 g/mol. The summed E-state index contributed by atoms with van der Waals surface area (Å²) in [6, 6.07) is 0. The maximum Gasteiger partial charge on any atom is 0.00356 e. The molecule has 1 heterocycles. The normalized spacial score (nSPS) is 34.8. The Morgan fingerprint density at radius 3 is 2.11 bits per heavy atom. The van der Waals surface area contributed by atoms with E-state index in [9.17, 15) is 0 Å². The summed E-state index contributed by atoms with van der Waals surface area (Å²) in [5, 5.41) is 3.59. The van der Waals surface area contributed by atoms with Crippen LogP contribution < -0.4 is 5.32 Å². The minimum Gasteiger partial charge on any atom is -0.316 e. The van der Waals surface area contributed by atoms with Crippen LogP contribution >= 0.6 is 0 Å². The van der Waals surface area contributed by atoms with E-state index >= 15 is 0 Å². The molecule has 2 heteroatoms. The van der Waals surface area contributed by atoms with E-state index in [1.54, 1.807) is 0 Å².